The second kappa shape index (κ2) is 6.43. The fourth-order valence-corrected chi connectivity index (χ4v) is 2.58. The highest BCUT2D eigenvalue weighted by molar-refractivity contribution is 7.11. The molecule has 0 aliphatic carbocycles. The van der Waals surface area contributed by atoms with Gasteiger partial charge >= 0.3 is 0 Å². The molecular formula is C15H17NO4S. The molecule has 1 N–H and O–H groups in total. The minimum absolute atomic E-state index is 0.281. The van der Waals surface area contributed by atoms with Crippen molar-refractivity contribution in [3.8, 4) is 16.7 Å². The van der Waals surface area contributed by atoms with Crippen LogP contribution in [0.5, 0.6) is 16.7 Å². The molecule has 0 atom stereocenters. The second-order valence-electron chi connectivity index (χ2n) is 5.00. The highest BCUT2D eigenvalue weighted by Crippen LogP contribution is 2.26. The van der Waals surface area contributed by atoms with Gasteiger partial charge in [-0.25, -0.2) is 4.98 Å². The molecule has 2 aromatic rings. The summed E-state index contributed by atoms with van der Waals surface area (Å²) in [4.78, 5) is 4.06. The molecule has 0 saturated carbocycles. The van der Waals surface area contributed by atoms with Gasteiger partial charge in [0.25, 0.3) is 5.19 Å². The lowest BCUT2D eigenvalue weighted by Crippen LogP contribution is -2.41. The predicted molar refractivity (Wildman–Crippen MR) is 79.1 cm³/mol. The lowest BCUT2D eigenvalue weighted by molar-refractivity contribution is -0.0855. The van der Waals surface area contributed by atoms with Gasteiger partial charge < -0.3 is 19.3 Å². The fraction of sp³-hybridized carbons (Fsp3) is 0.400. The van der Waals surface area contributed by atoms with Crippen molar-refractivity contribution in [2.75, 3.05) is 19.8 Å². The maximum absolute atomic E-state index is 10.3. The molecule has 0 spiro atoms. The van der Waals surface area contributed by atoms with Crippen LogP contribution in [0.2, 0.25) is 0 Å². The molecule has 5 nitrogen and oxygen atoms in total. The van der Waals surface area contributed by atoms with Crippen molar-refractivity contribution >= 4 is 11.3 Å². The molecule has 1 aliphatic heterocycles. The molecule has 6 heteroatoms. The quantitative estimate of drug-likeness (QED) is 0.920. The van der Waals surface area contributed by atoms with Gasteiger partial charge in [0.05, 0.1) is 0 Å². The summed E-state index contributed by atoms with van der Waals surface area (Å²) in [5.74, 6) is 1.42. The number of ether oxygens (including phenoxy) is 3. The van der Waals surface area contributed by atoms with E-state index in [0.717, 1.165) is 0 Å². The third-order valence-electron chi connectivity index (χ3n) is 3.37. The van der Waals surface area contributed by atoms with Crippen LogP contribution in [0.25, 0.3) is 0 Å². The number of benzene rings is 1. The van der Waals surface area contributed by atoms with Gasteiger partial charge in [0.1, 0.15) is 23.7 Å². The zero-order valence-corrected chi connectivity index (χ0v) is 12.3. The number of aromatic nitrogens is 1. The summed E-state index contributed by atoms with van der Waals surface area (Å²) in [5.41, 5.74) is -0.783. The normalized spacial score (nSPS) is 17.4. The fourth-order valence-electron chi connectivity index (χ4n) is 2.08. The van der Waals surface area contributed by atoms with Gasteiger partial charge in [0.2, 0.25) is 0 Å². The molecule has 3 rings (SSSR count). The maximum atomic E-state index is 10.3. The van der Waals surface area contributed by atoms with Crippen molar-refractivity contribution in [3.05, 3.63) is 35.8 Å². The number of thiazole rings is 1. The van der Waals surface area contributed by atoms with E-state index in [2.05, 4.69) is 4.98 Å². The van der Waals surface area contributed by atoms with E-state index in [1.807, 2.05) is 29.6 Å². The van der Waals surface area contributed by atoms with E-state index in [1.165, 1.54) is 11.3 Å². The summed E-state index contributed by atoms with van der Waals surface area (Å²) in [6.07, 6.45) is 2.92. The topological polar surface area (TPSA) is 60.8 Å². The van der Waals surface area contributed by atoms with Crippen LogP contribution in [0.4, 0.5) is 0 Å². The Morgan fingerprint density at radius 1 is 1.19 bits per heavy atom. The Bertz CT molecular complexity index is 550. The molecule has 2 heterocycles. The van der Waals surface area contributed by atoms with Gasteiger partial charge in [0.15, 0.2) is 0 Å². The molecule has 0 radical (unpaired) electrons. The summed E-state index contributed by atoms with van der Waals surface area (Å²) < 4.78 is 16.5. The summed E-state index contributed by atoms with van der Waals surface area (Å²) in [7, 11) is 0. The average molecular weight is 307 g/mol. The zero-order valence-electron chi connectivity index (χ0n) is 11.5. The number of hydrogen-bond donors (Lipinski definition) is 1. The molecule has 0 amide bonds. The summed E-state index contributed by atoms with van der Waals surface area (Å²) >= 11 is 1.44. The smallest absolute Gasteiger partial charge is 0.278 e. The Morgan fingerprint density at radius 3 is 2.57 bits per heavy atom. The molecule has 112 valence electrons. The largest absolute Gasteiger partial charge is 0.491 e. The third-order valence-corrected chi connectivity index (χ3v) is 4.02. The Morgan fingerprint density at radius 2 is 1.90 bits per heavy atom. The molecule has 1 aliphatic rings. The first kappa shape index (κ1) is 14.3. The maximum Gasteiger partial charge on any atom is 0.278 e. The van der Waals surface area contributed by atoms with Gasteiger partial charge in [-0.05, 0) is 24.3 Å². The molecule has 1 saturated heterocycles. The first-order valence-corrected chi connectivity index (χ1v) is 7.72. The van der Waals surface area contributed by atoms with Crippen molar-refractivity contribution in [3.63, 3.8) is 0 Å². The first-order chi connectivity index (χ1) is 10.2. The summed E-state index contributed by atoms with van der Waals surface area (Å²) in [6, 6.07) is 7.30. The number of hydrogen-bond acceptors (Lipinski definition) is 6. The van der Waals surface area contributed by atoms with E-state index >= 15 is 0 Å². The Kier molecular flexibility index (Phi) is 4.38. The molecular weight excluding hydrogens is 290 g/mol. The molecule has 0 bridgehead atoms. The summed E-state index contributed by atoms with van der Waals surface area (Å²) in [5, 5.41) is 12.8. The Labute approximate surface area is 127 Å². The van der Waals surface area contributed by atoms with E-state index < -0.39 is 5.60 Å². The highest BCUT2D eigenvalue weighted by atomic mass is 32.1. The molecule has 1 fully saturated rings. The minimum Gasteiger partial charge on any atom is -0.491 e. The van der Waals surface area contributed by atoms with Crippen LogP contribution in [0.1, 0.15) is 12.8 Å². The van der Waals surface area contributed by atoms with Crippen molar-refractivity contribution in [1.29, 1.82) is 0 Å². The van der Waals surface area contributed by atoms with Gasteiger partial charge in [-0.2, -0.15) is 0 Å². The Hall–Kier alpha value is -1.63. The zero-order chi connectivity index (χ0) is 14.5. The van der Waals surface area contributed by atoms with Crippen LogP contribution >= 0.6 is 11.3 Å². The molecule has 21 heavy (non-hydrogen) atoms. The monoisotopic (exact) mass is 307 g/mol. The third kappa shape index (κ3) is 3.93. The lowest BCUT2D eigenvalue weighted by atomic mass is 9.96. The average Bonchev–Trinajstić information content (AvgIpc) is 3.00. The first-order valence-electron chi connectivity index (χ1n) is 6.84. The van der Waals surface area contributed by atoms with Crippen molar-refractivity contribution < 1.29 is 19.3 Å². The second-order valence-corrected chi connectivity index (χ2v) is 5.85. The van der Waals surface area contributed by atoms with Crippen molar-refractivity contribution in [2.45, 2.75) is 18.4 Å². The minimum atomic E-state index is -0.783. The van der Waals surface area contributed by atoms with Gasteiger partial charge in [-0.3, -0.25) is 0 Å². The van der Waals surface area contributed by atoms with Crippen molar-refractivity contribution in [2.24, 2.45) is 0 Å². The van der Waals surface area contributed by atoms with Crippen LogP contribution < -0.4 is 9.47 Å². The predicted octanol–water partition coefficient (Wildman–Crippen LogP) is 2.86. The number of aliphatic hydroxyl groups is 1. The van der Waals surface area contributed by atoms with Crippen LogP contribution in [0.3, 0.4) is 0 Å². The van der Waals surface area contributed by atoms with Gasteiger partial charge in [-0.15, -0.1) is 0 Å². The number of nitrogens with zero attached hydrogens (tertiary/aromatic N) is 1. The molecule has 1 aromatic heterocycles. The van der Waals surface area contributed by atoms with E-state index in [0.29, 0.717) is 42.7 Å². The number of rotatable bonds is 5. The lowest BCUT2D eigenvalue weighted by Gasteiger charge is -2.31. The van der Waals surface area contributed by atoms with Crippen LogP contribution in [0.15, 0.2) is 35.8 Å². The van der Waals surface area contributed by atoms with E-state index in [9.17, 15) is 5.11 Å². The molecule has 0 unspecified atom stereocenters. The van der Waals surface area contributed by atoms with Crippen molar-refractivity contribution in [1.82, 2.24) is 4.98 Å². The summed E-state index contributed by atoms with van der Waals surface area (Å²) in [6.45, 7) is 1.45. The van der Waals surface area contributed by atoms with E-state index in [1.54, 1.807) is 6.20 Å². The SMILES string of the molecule is OC1(COc2ccc(Oc3nccs3)cc2)CCOCC1. The van der Waals surface area contributed by atoms with Crippen LogP contribution in [-0.4, -0.2) is 35.5 Å². The van der Waals surface area contributed by atoms with Crippen LogP contribution in [0, 0.1) is 0 Å². The van der Waals surface area contributed by atoms with Gasteiger partial charge in [0, 0.05) is 37.6 Å². The van der Waals surface area contributed by atoms with Gasteiger partial charge in [-0.1, -0.05) is 11.3 Å². The standard InChI is InChI=1S/C15H17NO4S/c17-15(5-8-18-9-6-15)11-19-12-1-3-13(4-2-12)20-14-16-7-10-21-14/h1-4,7,10,17H,5-6,8-9,11H2. The highest BCUT2D eigenvalue weighted by Gasteiger charge is 2.30. The van der Waals surface area contributed by atoms with E-state index in [-0.39, 0.29) is 6.61 Å². The van der Waals surface area contributed by atoms with E-state index in [4.69, 9.17) is 14.2 Å². The molecule has 1 aromatic carbocycles. The Balaban J connectivity index is 1.54. The van der Waals surface area contributed by atoms with Crippen LogP contribution in [-0.2, 0) is 4.74 Å².